The highest BCUT2D eigenvalue weighted by Crippen LogP contribution is 2.41. The number of benzene rings is 2. The molecule has 2 aromatic rings. The maximum atomic E-state index is 12.5. The number of likely N-dealkylation sites (tertiary alicyclic amines) is 1. The fourth-order valence-corrected chi connectivity index (χ4v) is 4.45. The van der Waals surface area contributed by atoms with E-state index in [0.717, 1.165) is 53.7 Å². The van der Waals surface area contributed by atoms with Crippen molar-refractivity contribution in [3.63, 3.8) is 0 Å². The number of aromatic hydroxyl groups is 1. The molecular weight excluding hydrogens is 364 g/mol. The van der Waals surface area contributed by atoms with E-state index in [0.29, 0.717) is 25.1 Å². The predicted octanol–water partition coefficient (Wildman–Crippen LogP) is 3.57. The van der Waals surface area contributed by atoms with Gasteiger partial charge in [-0.05, 0) is 48.4 Å². The Balaban J connectivity index is 1.49. The molecule has 5 heteroatoms. The van der Waals surface area contributed by atoms with Crippen molar-refractivity contribution in [1.82, 2.24) is 4.90 Å². The molecule has 2 aliphatic heterocycles. The number of phenolic OH excluding ortho intramolecular Hbond substituents is 1. The smallest absolute Gasteiger partial charge is 0.226 e. The van der Waals surface area contributed by atoms with Crippen molar-refractivity contribution in [2.24, 2.45) is 5.73 Å². The zero-order valence-electron chi connectivity index (χ0n) is 17.1. The summed E-state index contributed by atoms with van der Waals surface area (Å²) in [4.78, 5) is 14.5. The number of aryl methyl sites for hydroxylation is 1. The lowest BCUT2D eigenvalue weighted by molar-refractivity contribution is -0.131. The van der Waals surface area contributed by atoms with E-state index in [1.54, 1.807) is 0 Å². The Kier molecular flexibility index (Phi) is 5.88. The first kappa shape index (κ1) is 19.9. The summed E-state index contributed by atoms with van der Waals surface area (Å²) < 4.78 is 6.25. The minimum Gasteiger partial charge on any atom is -0.507 e. The highest BCUT2D eigenvalue weighted by molar-refractivity contribution is 5.78. The summed E-state index contributed by atoms with van der Waals surface area (Å²) in [7, 11) is 0. The van der Waals surface area contributed by atoms with Gasteiger partial charge in [-0.3, -0.25) is 4.79 Å². The number of nitrogens with two attached hydrogens (primary N) is 1. The number of piperidine rings is 1. The van der Waals surface area contributed by atoms with E-state index >= 15 is 0 Å². The Morgan fingerprint density at radius 3 is 2.55 bits per heavy atom. The largest absolute Gasteiger partial charge is 0.507 e. The lowest BCUT2D eigenvalue weighted by atomic mass is 9.89. The number of phenols is 1. The number of carbonyl (C=O) groups is 1. The fourth-order valence-electron chi connectivity index (χ4n) is 4.45. The van der Waals surface area contributed by atoms with Gasteiger partial charge >= 0.3 is 0 Å². The molecule has 1 saturated heterocycles. The summed E-state index contributed by atoms with van der Waals surface area (Å²) in [5.74, 6) is 0.557. The number of ether oxygens (including phenoxy) is 1. The second-order valence-electron chi connectivity index (χ2n) is 8.21. The van der Waals surface area contributed by atoms with Gasteiger partial charge in [-0.1, -0.05) is 36.4 Å². The third kappa shape index (κ3) is 4.16. The van der Waals surface area contributed by atoms with Crippen LogP contribution in [-0.4, -0.2) is 35.5 Å². The molecule has 0 aliphatic carbocycles. The summed E-state index contributed by atoms with van der Waals surface area (Å²) in [6.07, 6.45) is 4.12. The fraction of sp³-hybridized carbons (Fsp3) is 0.458. The quantitative estimate of drug-likeness (QED) is 0.831. The molecule has 2 heterocycles. The number of carbonyl (C=O) groups excluding carboxylic acids is 1. The molecule has 1 fully saturated rings. The first-order valence-electron chi connectivity index (χ1n) is 10.6. The topological polar surface area (TPSA) is 75.8 Å². The summed E-state index contributed by atoms with van der Waals surface area (Å²) in [5.41, 5.74) is 10.8. The Labute approximate surface area is 172 Å². The van der Waals surface area contributed by atoms with Crippen molar-refractivity contribution >= 4 is 5.91 Å². The normalized spacial score (nSPS) is 21.7. The van der Waals surface area contributed by atoms with Crippen LogP contribution in [-0.2, 0) is 22.4 Å². The molecule has 2 aliphatic rings. The Bertz CT molecular complexity index is 872. The molecule has 0 bridgehead atoms. The van der Waals surface area contributed by atoms with Gasteiger partial charge in [0.05, 0.1) is 18.6 Å². The van der Waals surface area contributed by atoms with Crippen molar-refractivity contribution in [2.75, 3.05) is 19.6 Å². The summed E-state index contributed by atoms with van der Waals surface area (Å²) in [5, 5.41) is 10.5. The van der Waals surface area contributed by atoms with Gasteiger partial charge in [0.2, 0.25) is 5.91 Å². The van der Waals surface area contributed by atoms with Crippen LogP contribution in [0.25, 0.3) is 0 Å². The van der Waals surface area contributed by atoms with E-state index in [4.69, 9.17) is 10.5 Å². The highest BCUT2D eigenvalue weighted by Gasteiger charge is 2.30. The molecule has 0 radical (unpaired) electrons. The number of hydrogen-bond acceptors (Lipinski definition) is 4. The molecule has 5 nitrogen and oxygen atoms in total. The van der Waals surface area contributed by atoms with Crippen LogP contribution in [0.2, 0.25) is 0 Å². The molecule has 1 amide bonds. The predicted molar refractivity (Wildman–Crippen MR) is 113 cm³/mol. The average Bonchev–Trinajstić information content (AvgIpc) is 2.77. The van der Waals surface area contributed by atoms with Gasteiger partial charge in [0, 0.05) is 31.6 Å². The Morgan fingerprint density at radius 1 is 1.14 bits per heavy atom. The highest BCUT2D eigenvalue weighted by atomic mass is 16.5. The van der Waals surface area contributed by atoms with Gasteiger partial charge < -0.3 is 20.5 Å². The Morgan fingerprint density at radius 2 is 1.86 bits per heavy atom. The van der Waals surface area contributed by atoms with Gasteiger partial charge in [-0.2, -0.15) is 0 Å². The summed E-state index contributed by atoms with van der Waals surface area (Å²) >= 11 is 0. The van der Waals surface area contributed by atoms with Crippen LogP contribution in [0.3, 0.4) is 0 Å². The second-order valence-corrected chi connectivity index (χ2v) is 8.21. The molecule has 3 N–H and O–H groups in total. The number of fused-ring (bicyclic) bond motifs is 1. The van der Waals surface area contributed by atoms with Crippen LogP contribution >= 0.6 is 0 Å². The van der Waals surface area contributed by atoms with Crippen molar-refractivity contribution in [1.29, 1.82) is 0 Å². The van der Waals surface area contributed by atoms with Crippen LogP contribution < -0.4 is 5.73 Å². The number of amides is 1. The van der Waals surface area contributed by atoms with Crippen LogP contribution in [0.15, 0.2) is 36.4 Å². The molecular formula is C24H30N2O3. The van der Waals surface area contributed by atoms with Gasteiger partial charge in [-0.25, -0.2) is 0 Å². The van der Waals surface area contributed by atoms with E-state index in [2.05, 4.69) is 0 Å². The molecule has 0 saturated carbocycles. The number of hydrogen-bond donors (Lipinski definition) is 2. The van der Waals surface area contributed by atoms with Crippen LogP contribution in [0.1, 0.15) is 59.3 Å². The van der Waals surface area contributed by atoms with Crippen molar-refractivity contribution in [2.45, 2.75) is 51.2 Å². The van der Waals surface area contributed by atoms with Crippen LogP contribution in [0, 0.1) is 6.92 Å². The van der Waals surface area contributed by atoms with Crippen LogP contribution in [0.4, 0.5) is 0 Å². The van der Waals surface area contributed by atoms with Crippen molar-refractivity contribution in [3.8, 4) is 5.75 Å². The van der Waals surface area contributed by atoms with Gasteiger partial charge in [0.15, 0.2) is 0 Å². The van der Waals surface area contributed by atoms with E-state index in [-0.39, 0.29) is 18.1 Å². The lowest BCUT2D eigenvalue weighted by Crippen LogP contribution is -2.36. The monoisotopic (exact) mass is 394 g/mol. The first-order chi connectivity index (χ1) is 14.1. The van der Waals surface area contributed by atoms with Crippen molar-refractivity contribution in [3.05, 3.63) is 64.2 Å². The zero-order chi connectivity index (χ0) is 20.4. The lowest BCUT2D eigenvalue weighted by Gasteiger charge is -2.33. The standard InChI is InChI=1S/C24H30N2O3/c1-16-5-10-19-20(24(16)28)14-21(29-22(19)15-25)18-8-6-17(7-9-18)13-23(27)26-11-3-2-4-12-26/h5-10,21-22,28H,2-4,11-15,25H2,1H3/t21-,22-/m0/s1. The van der Waals surface area contributed by atoms with E-state index < -0.39 is 0 Å². The third-order valence-corrected chi connectivity index (χ3v) is 6.22. The number of rotatable bonds is 4. The molecule has 0 spiro atoms. The van der Waals surface area contributed by atoms with Gasteiger partial charge in [0.25, 0.3) is 0 Å². The SMILES string of the molecule is Cc1ccc2c(c1O)C[C@@H](c1ccc(CC(=O)N3CCCCC3)cc1)O[C@H]2CN. The molecule has 29 heavy (non-hydrogen) atoms. The second kappa shape index (κ2) is 8.56. The molecule has 0 unspecified atom stereocenters. The molecule has 2 aromatic carbocycles. The molecule has 2 atom stereocenters. The van der Waals surface area contributed by atoms with Crippen LogP contribution in [0.5, 0.6) is 5.75 Å². The minimum atomic E-state index is -0.226. The van der Waals surface area contributed by atoms with E-state index in [1.807, 2.05) is 48.2 Å². The van der Waals surface area contributed by atoms with Crippen molar-refractivity contribution < 1.29 is 14.6 Å². The minimum absolute atomic E-state index is 0.157. The molecule has 0 aromatic heterocycles. The molecule has 154 valence electrons. The van der Waals surface area contributed by atoms with E-state index in [9.17, 15) is 9.90 Å². The maximum Gasteiger partial charge on any atom is 0.226 e. The maximum absolute atomic E-state index is 12.5. The average molecular weight is 395 g/mol. The third-order valence-electron chi connectivity index (χ3n) is 6.22. The molecule has 4 rings (SSSR count). The van der Waals surface area contributed by atoms with Gasteiger partial charge in [0.1, 0.15) is 5.75 Å². The Hall–Kier alpha value is -2.37. The zero-order valence-corrected chi connectivity index (χ0v) is 17.1. The van der Waals surface area contributed by atoms with Gasteiger partial charge in [-0.15, -0.1) is 0 Å². The van der Waals surface area contributed by atoms with E-state index in [1.165, 1.54) is 6.42 Å². The number of nitrogens with zero attached hydrogens (tertiary/aromatic N) is 1. The first-order valence-corrected chi connectivity index (χ1v) is 10.6. The summed E-state index contributed by atoms with van der Waals surface area (Å²) in [6, 6.07) is 12.0. The summed E-state index contributed by atoms with van der Waals surface area (Å²) in [6.45, 7) is 4.05.